The number of aryl methyl sites for hydroxylation is 1. The molecule has 41 heavy (non-hydrogen) atoms. The van der Waals surface area contributed by atoms with Crippen molar-refractivity contribution in [3.8, 4) is 11.5 Å². The van der Waals surface area contributed by atoms with Crippen LogP contribution in [0.1, 0.15) is 90.8 Å². The van der Waals surface area contributed by atoms with E-state index in [-0.39, 0.29) is 23.9 Å². The second-order valence-corrected chi connectivity index (χ2v) is 12.9. The van der Waals surface area contributed by atoms with E-state index in [9.17, 15) is 14.4 Å². The Morgan fingerprint density at radius 1 is 1.20 bits per heavy atom. The Balaban J connectivity index is 1.31. The van der Waals surface area contributed by atoms with Crippen molar-refractivity contribution in [2.24, 2.45) is 0 Å². The molecule has 5 rings (SSSR count). The van der Waals surface area contributed by atoms with E-state index in [1.165, 1.54) is 12.5 Å². The molecule has 2 aromatic heterocycles. The van der Waals surface area contributed by atoms with Crippen LogP contribution >= 0.6 is 11.3 Å². The molecule has 0 bridgehead atoms. The Kier molecular flexibility index (Phi) is 7.91. The van der Waals surface area contributed by atoms with Gasteiger partial charge in [-0.2, -0.15) is 0 Å². The summed E-state index contributed by atoms with van der Waals surface area (Å²) < 4.78 is 11.0. The highest BCUT2D eigenvalue weighted by molar-refractivity contribution is 7.09. The van der Waals surface area contributed by atoms with E-state index in [0.717, 1.165) is 30.0 Å². The van der Waals surface area contributed by atoms with E-state index in [1.54, 1.807) is 34.4 Å². The number of hydrogen-bond donors (Lipinski definition) is 1. The molecule has 10 nitrogen and oxygen atoms in total. The number of hydrogen-bond acceptors (Lipinski definition) is 8. The van der Waals surface area contributed by atoms with Gasteiger partial charge in [0.15, 0.2) is 0 Å². The summed E-state index contributed by atoms with van der Waals surface area (Å²) in [6.07, 6.45) is 5.79. The summed E-state index contributed by atoms with van der Waals surface area (Å²) in [6.45, 7) is 11.1. The number of rotatable bonds is 7. The van der Waals surface area contributed by atoms with E-state index in [4.69, 9.17) is 9.15 Å². The molecule has 0 spiro atoms. The van der Waals surface area contributed by atoms with Gasteiger partial charge in [0.2, 0.25) is 5.89 Å². The third-order valence-electron chi connectivity index (χ3n) is 7.65. The lowest BCUT2D eigenvalue weighted by molar-refractivity contribution is -0.0400. The smallest absolute Gasteiger partial charge is 0.410 e. The Labute approximate surface area is 244 Å². The molecule has 218 valence electrons. The second kappa shape index (κ2) is 11.3. The Bertz CT molecular complexity index is 1430. The van der Waals surface area contributed by atoms with Crippen LogP contribution in [-0.2, 0) is 4.74 Å². The molecule has 2 fully saturated rings. The van der Waals surface area contributed by atoms with Crippen molar-refractivity contribution < 1.29 is 23.5 Å². The average molecular weight is 580 g/mol. The third-order valence-corrected chi connectivity index (χ3v) is 8.71. The van der Waals surface area contributed by atoms with Crippen molar-refractivity contribution in [2.75, 3.05) is 19.6 Å². The fourth-order valence-electron chi connectivity index (χ4n) is 5.37. The van der Waals surface area contributed by atoms with Crippen molar-refractivity contribution in [3.05, 3.63) is 57.9 Å². The van der Waals surface area contributed by atoms with Gasteiger partial charge in [0.1, 0.15) is 16.9 Å². The number of ether oxygens (including phenoxy) is 1. The number of benzene rings is 1. The van der Waals surface area contributed by atoms with Gasteiger partial charge in [-0.25, -0.2) is 14.8 Å². The Hall–Kier alpha value is -3.73. The predicted molar refractivity (Wildman–Crippen MR) is 155 cm³/mol. The number of nitrogens with one attached hydrogen (secondary N) is 1. The molecule has 11 heteroatoms. The normalized spacial score (nSPS) is 20.6. The topological polar surface area (TPSA) is 118 Å². The number of aromatic nitrogens is 2. The molecule has 2 saturated heterocycles. The first-order chi connectivity index (χ1) is 19.4. The van der Waals surface area contributed by atoms with Gasteiger partial charge < -0.3 is 24.3 Å². The van der Waals surface area contributed by atoms with Crippen LogP contribution in [0.5, 0.6) is 0 Å². The summed E-state index contributed by atoms with van der Waals surface area (Å²) in [7, 11) is 0. The molecule has 2 unspecified atom stereocenters. The molecule has 1 N–H and O–H groups in total. The fraction of sp³-hybridized carbons (Fsp3) is 0.500. The molecule has 0 radical (unpaired) electrons. The first kappa shape index (κ1) is 28.8. The number of carbonyl (C=O) groups is 3. The number of thiazole rings is 1. The van der Waals surface area contributed by atoms with Gasteiger partial charge in [-0.3, -0.25) is 9.59 Å². The number of carbonyl (C=O) groups excluding carboxylic acids is 3. The number of amides is 3. The van der Waals surface area contributed by atoms with Gasteiger partial charge in [-0.1, -0.05) is 0 Å². The van der Waals surface area contributed by atoms with Gasteiger partial charge in [-0.05, 0) is 78.5 Å². The van der Waals surface area contributed by atoms with Crippen LogP contribution in [0.25, 0.3) is 11.5 Å². The van der Waals surface area contributed by atoms with Crippen molar-refractivity contribution in [3.63, 3.8) is 0 Å². The van der Waals surface area contributed by atoms with E-state index in [2.05, 4.69) is 15.3 Å². The summed E-state index contributed by atoms with van der Waals surface area (Å²) in [5.74, 6) is -0.136. The quantitative estimate of drug-likeness (QED) is 0.387. The minimum Gasteiger partial charge on any atom is -0.445 e. The van der Waals surface area contributed by atoms with Gasteiger partial charge in [0.25, 0.3) is 11.8 Å². The standard InChI is InChI=1S/C30H37N5O5S/c1-19-18-41-26(33-19)23-7-6-12-34(23)27(37)22-16-20(15-21(17-22)25-32-11-14-39-25)24(36)31-10-8-30(5)9-13-35(30)28(38)40-29(2,3)4/h11,14-18,23H,6-10,12-13H2,1-5H3,(H,31,36). The van der Waals surface area contributed by atoms with Crippen molar-refractivity contribution >= 4 is 29.2 Å². The highest BCUT2D eigenvalue weighted by atomic mass is 32.1. The Morgan fingerprint density at radius 2 is 1.98 bits per heavy atom. The summed E-state index contributed by atoms with van der Waals surface area (Å²) in [5, 5.41) is 5.90. The molecule has 3 amide bonds. The fourth-order valence-corrected chi connectivity index (χ4v) is 6.31. The first-order valence-electron chi connectivity index (χ1n) is 14.0. The molecule has 0 saturated carbocycles. The lowest BCUT2D eigenvalue weighted by atomic mass is 9.84. The average Bonchev–Trinajstić information content (AvgIpc) is 3.68. The molecule has 0 aliphatic carbocycles. The van der Waals surface area contributed by atoms with E-state index < -0.39 is 11.1 Å². The second-order valence-electron chi connectivity index (χ2n) is 12.0. The van der Waals surface area contributed by atoms with Crippen LogP contribution in [0, 0.1) is 6.92 Å². The van der Waals surface area contributed by atoms with Gasteiger partial charge in [-0.15, -0.1) is 11.3 Å². The van der Waals surface area contributed by atoms with Gasteiger partial charge >= 0.3 is 6.09 Å². The SMILES string of the molecule is Cc1csc(C2CCCN2C(=O)c2cc(C(=O)NCCC3(C)CCN3C(=O)OC(C)(C)C)cc(-c3ncco3)c2)n1. The summed E-state index contributed by atoms with van der Waals surface area (Å²) in [4.78, 5) is 52.2. The lowest BCUT2D eigenvalue weighted by Crippen LogP contribution is -2.62. The van der Waals surface area contributed by atoms with Crippen LogP contribution in [0.3, 0.4) is 0 Å². The lowest BCUT2D eigenvalue weighted by Gasteiger charge is -2.50. The van der Waals surface area contributed by atoms with Crippen LogP contribution in [0.15, 0.2) is 40.5 Å². The maximum Gasteiger partial charge on any atom is 0.410 e. The summed E-state index contributed by atoms with van der Waals surface area (Å²) in [5.41, 5.74) is 1.27. The summed E-state index contributed by atoms with van der Waals surface area (Å²) in [6, 6.07) is 4.95. The molecule has 2 aliphatic rings. The van der Waals surface area contributed by atoms with Gasteiger partial charge in [0, 0.05) is 52.9 Å². The van der Waals surface area contributed by atoms with E-state index in [0.29, 0.717) is 48.6 Å². The summed E-state index contributed by atoms with van der Waals surface area (Å²) >= 11 is 1.57. The van der Waals surface area contributed by atoms with Crippen LogP contribution in [0.4, 0.5) is 4.79 Å². The molecule has 1 aromatic carbocycles. The number of oxazole rings is 1. The minimum atomic E-state index is -0.570. The zero-order valence-electron chi connectivity index (χ0n) is 24.2. The minimum absolute atomic E-state index is 0.0833. The molecule has 3 aromatic rings. The molecule has 4 heterocycles. The van der Waals surface area contributed by atoms with E-state index in [1.807, 2.05) is 44.9 Å². The largest absolute Gasteiger partial charge is 0.445 e. The van der Waals surface area contributed by atoms with E-state index >= 15 is 0 Å². The van der Waals surface area contributed by atoms with Crippen molar-refractivity contribution in [1.29, 1.82) is 0 Å². The predicted octanol–water partition coefficient (Wildman–Crippen LogP) is 5.60. The van der Waals surface area contributed by atoms with Crippen molar-refractivity contribution in [1.82, 2.24) is 25.1 Å². The number of nitrogens with zero attached hydrogens (tertiary/aromatic N) is 4. The molecular weight excluding hydrogens is 542 g/mol. The first-order valence-corrected chi connectivity index (χ1v) is 14.9. The zero-order chi connectivity index (χ0) is 29.4. The monoisotopic (exact) mass is 579 g/mol. The van der Waals surface area contributed by atoms with Crippen molar-refractivity contribution in [2.45, 2.75) is 77.5 Å². The maximum absolute atomic E-state index is 13.8. The highest BCUT2D eigenvalue weighted by Crippen LogP contribution is 2.36. The van der Waals surface area contributed by atoms with Crippen LogP contribution in [-0.4, -0.2) is 68.4 Å². The molecule has 2 aliphatic heterocycles. The Morgan fingerprint density at radius 3 is 2.61 bits per heavy atom. The van der Waals surface area contributed by atoms with Gasteiger partial charge in [0.05, 0.1) is 12.2 Å². The van der Waals surface area contributed by atoms with Crippen LogP contribution in [0.2, 0.25) is 0 Å². The molecular formula is C30H37N5O5S. The third kappa shape index (κ3) is 6.29. The number of likely N-dealkylation sites (tertiary alicyclic amines) is 2. The zero-order valence-corrected chi connectivity index (χ0v) is 25.0. The molecule has 2 atom stereocenters. The van der Waals surface area contributed by atoms with Crippen LogP contribution < -0.4 is 5.32 Å². The highest BCUT2D eigenvalue weighted by Gasteiger charge is 2.45. The maximum atomic E-state index is 13.8.